The van der Waals surface area contributed by atoms with E-state index in [0.29, 0.717) is 17.2 Å². The van der Waals surface area contributed by atoms with Crippen molar-refractivity contribution in [1.29, 1.82) is 0 Å². The predicted octanol–water partition coefficient (Wildman–Crippen LogP) is 5.33. The van der Waals surface area contributed by atoms with Crippen molar-refractivity contribution in [2.24, 2.45) is 0 Å². The molecule has 6 rings (SSSR count). The molecule has 0 aliphatic heterocycles. The maximum Gasteiger partial charge on any atom is 0.251 e. The average Bonchev–Trinajstić information content (AvgIpc) is 3.42. The van der Waals surface area contributed by atoms with Crippen LogP contribution in [-0.2, 0) is 4.79 Å². The number of carbonyl (C=O) groups is 2. The van der Waals surface area contributed by atoms with Crippen molar-refractivity contribution in [1.82, 2.24) is 25.3 Å². The quantitative estimate of drug-likeness (QED) is 0.268. The molecule has 8 nitrogen and oxygen atoms in total. The predicted molar refractivity (Wildman–Crippen MR) is 151 cm³/mol. The Morgan fingerprint density at radius 1 is 0.821 bits per heavy atom. The number of amides is 2. The molecule has 190 valence electrons. The zero-order valence-electron chi connectivity index (χ0n) is 20.8. The number of hydrogen-bond acceptors (Lipinski definition) is 5. The van der Waals surface area contributed by atoms with Gasteiger partial charge in [0.25, 0.3) is 5.91 Å². The van der Waals surface area contributed by atoms with Crippen molar-refractivity contribution >= 4 is 39.4 Å². The van der Waals surface area contributed by atoms with Gasteiger partial charge in [0, 0.05) is 29.9 Å². The Morgan fingerprint density at radius 3 is 2.44 bits per heavy atom. The summed E-state index contributed by atoms with van der Waals surface area (Å²) in [6.45, 7) is 0.120. The minimum absolute atomic E-state index is 0.120. The van der Waals surface area contributed by atoms with E-state index in [0.717, 1.165) is 33.1 Å². The fourth-order valence-electron chi connectivity index (χ4n) is 4.48. The summed E-state index contributed by atoms with van der Waals surface area (Å²) in [5.74, 6) is -0.0568. The summed E-state index contributed by atoms with van der Waals surface area (Å²) in [5, 5.41) is 7.88. The Kier molecular flexibility index (Phi) is 6.49. The van der Waals surface area contributed by atoms with E-state index < -0.39 is 5.92 Å². The molecule has 0 bridgehead atoms. The van der Waals surface area contributed by atoms with E-state index in [4.69, 9.17) is 0 Å². The molecule has 39 heavy (non-hydrogen) atoms. The minimum Gasteiger partial charge on any atom is -0.351 e. The molecular formula is C31H24N6O2. The number of H-pyrrole nitrogens is 1. The lowest BCUT2D eigenvalue weighted by atomic mass is 9.98. The normalized spacial score (nSPS) is 11.8. The molecule has 8 heteroatoms. The highest BCUT2D eigenvalue weighted by molar-refractivity contribution is 5.99. The van der Waals surface area contributed by atoms with Crippen LogP contribution in [0.5, 0.6) is 0 Å². The largest absolute Gasteiger partial charge is 0.351 e. The maximum atomic E-state index is 13.1. The average molecular weight is 513 g/mol. The Morgan fingerprint density at radius 2 is 1.62 bits per heavy atom. The fraction of sp³-hybridized carbons (Fsp3) is 0.0645. The zero-order chi connectivity index (χ0) is 26.6. The van der Waals surface area contributed by atoms with Crippen LogP contribution in [0.4, 0.5) is 5.82 Å². The summed E-state index contributed by atoms with van der Waals surface area (Å²) in [4.78, 5) is 42.9. The zero-order valence-corrected chi connectivity index (χ0v) is 20.8. The van der Waals surface area contributed by atoms with Gasteiger partial charge in [-0.1, -0.05) is 60.7 Å². The lowest BCUT2D eigenvalue weighted by Gasteiger charge is -2.18. The SMILES string of the molecule is O=C(NCC(C(=O)Nc1ccccn1)c1ccccc1)c1ccc2nc(-c3cc4ccccc4cn3)[nH]c2c1. The summed E-state index contributed by atoms with van der Waals surface area (Å²) in [5.41, 5.74) is 3.43. The molecule has 0 spiro atoms. The number of aromatic amines is 1. The third kappa shape index (κ3) is 5.21. The Labute approximate surface area is 224 Å². The molecule has 0 saturated heterocycles. The Hall–Kier alpha value is -5.37. The standard InChI is InChI=1S/C31H24N6O2/c38-30(34-19-24(20-8-2-1-3-9-20)31(39)37-28-12-6-7-15-32-28)22-13-14-25-26(17-22)36-29(35-25)27-16-21-10-4-5-11-23(21)18-33-27/h1-18,24H,19H2,(H,34,38)(H,35,36)(H,32,37,39). The van der Waals surface area contributed by atoms with E-state index in [9.17, 15) is 9.59 Å². The number of anilines is 1. The summed E-state index contributed by atoms with van der Waals surface area (Å²) in [7, 11) is 0. The highest BCUT2D eigenvalue weighted by atomic mass is 16.2. The third-order valence-electron chi connectivity index (χ3n) is 6.52. The first-order valence-electron chi connectivity index (χ1n) is 12.5. The van der Waals surface area contributed by atoms with Crippen molar-refractivity contribution in [2.45, 2.75) is 5.92 Å². The van der Waals surface area contributed by atoms with Gasteiger partial charge in [-0.3, -0.25) is 14.6 Å². The van der Waals surface area contributed by atoms with Crippen LogP contribution in [0.15, 0.2) is 109 Å². The third-order valence-corrected chi connectivity index (χ3v) is 6.52. The highest BCUT2D eigenvalue weighted by Gasteiger charge is 2.22. The van der Waals surface area contributed by atoms with E-state index in [1.807, 2.05) is 66.9 Å². The number of hydrogen-bond donors (Lipinski definition) is 3. The van der Waals surface area contributed by atoms with Crippen molar-refractivity contribution in [2.75, 3.05) is 11.9 Å². The first-order valence-corrected chi connectivity index (χ1v) is 12.5. The van der Waals surface area contributed by atoms with E-state index in [-0.39, 0.29) is 18.4 Å². The molecular weight excluding hydrogens is 488 g/mol. The van der Waals surface area contributed by atoms with Crippen LogP contribution >= 0.6 is 0 Å². The van der Waals surface area contributed by atoms with Crippen LogP contribution in [-0.4, -0.2) is 38.3 Å². The Bertz CT molecular complexity index is 1780. The molecule has 0 aliphatic rings. The van der Waals surface area contributed by atoms with Crippen LogP contribution in [0.25, 0.3) is 33.3 Å². The van der Waals surface area contributed by atoms with E-state index in [1.54, 1.807) is 42.6 Å². The summed E-state index contributed by atoms with van der Waals surface area (Å²) >= 11 is 0. The lowest BCUT2D eigenvalue weighted by molar-refractivity contribution is -0.117. The van der Waals surface area contributed by atoms with Gasteiger partial charge in [-0.15, -0.1) is 0 Å². The van der Waals surface area contributed by atoms with Gasteiger partial charge in [-0.05, 0) is 47.3 Å². The van der Waals surface area contributed by atoms with Gasteiger partial charge in [-0.25, -0.2) is 9.97 Å². The molecule has 3 N–H and O–H groups in total. The summed E-state index contributed by atoms with van der Waals surface area (Å²) < 4.78 is 0. The fourth-order valence-corrected chi connectivity index (χ4v) is 4.48. The highest BCUT2D eigenvalue weighted by Crippen LogP contribution is 2.23. The van der Waals surface area contributed by atoms with Crippen LogP contribution in [0.2, 0.25) is 0 Å². The van der Waals surface area contributed by atoms with Crippen molar-refractivity contribution in [3.63, 3.8) is 0 Å². The second-order valence-electron chi connectivity index (χ2n) is 9.11. The number of benzene rings is 3. The topological polar surface area (TPSA) is 113 Å². The summed E-state index contributed by atoms with van der Waals surface area (Å²) in [6, 6.07) is 29.9. The van der Waals surface area contributed by atoms with Gasteiger partial charge < -0.3 is 15.6 Å². The lowest BCUT2D eigenvalue weighted by Crippen LogP contribution is -2.34. The van der Waals surface area contributed by atoms with Gasteiger partial charge in [0.1, 0.15) is 11.5 Å². The van der Waals surface area contributed by atoms with E-state index in [1.165, 1.54) is 0 Å². The van der Waals surface area contributed by atoms with Crippen LogP contribution < -0.4 is 10.6 Å². The first kappa shape index (κ1) is 24.0. The second-order valence-corrected chi connectivity index (χ2v) is 9.11. The minimum atomic E-state index is -0.598. The van der Waals surface area contributed by atoms with Crippen molar-refractivity contribution in [3.8, 4) is 11.5 Å². The number of imidazole rings is 1. The first-order chi connectivity index (χ1) is 19.1. The number of pyridine rings is 2. The van der Waals surface area contributed by atoms with Gasteiger partial charge in [0.05, 0.1) is 17.0 Å². The molecule has 2 amide bonds. The molecule has 0 fully saturated rings. The van der Waals surface area contributed by atoms with E-state index in [2.05, 4.69) is 30.6 Å². The molecule has 1 unspecified atom stereocenters. The second kappa shape index (κ2) is 10.5. The number of aromatic nitrogens is 4. The molecule has 1 atom stereocenters. The van der Waals surface area contributed by atoms with Crippen molar-refractivity contribution in [3.05, 3.63) is 121 Å². The van der Waals surface area contributed by atoms with Gasteiger partial charge in [-0.2, -0.15) is 0 Å². The number of nitrogens with one attached hydrogen (secondary N) is 3. The molecule has 6 aromatic rings. The Balaban J connectivity index is 1.20. The number of carbonyl (C=O) groups excluding carboxylic acids is 2. The number of nitrogens with zero attached hydrogens (tertiary/aromatic N) is 3. The van der Waals surface area contributed by atoms with Gasteiger partial charge >= 0.3 is 0 Å². The molecule has 3 heterocycles. The molecule has 3 aromatic heterocycles. The maximum absolute atomic E-state index is 13.1. The van der Waals surface area contributed by atoms with Crippen LogP contribution in [0.3, 0.4) is 0 Å². The van der Waals surface area contributed by atoms with E-state index >= 15 is 0 Å². The van der Waals surface area contributed by atoms with Crippen LogP contribution in [0, 0.1) is 0 Å². The smallest absolute Gasteiger partial charge is 0.251 e. The number of rotatable bonds is 7. The molecule has 0 saturated carbocycles. The van der Waals surface area contributed by atoms with Gasteiger partial charge in [0.2, 0.25) is 5.91 Å². The van der Waals surface area contributed by atoms with Crippen LogP contribution in [0.1, 0.15) is 21.8 Å². The molecule has 0 radical (unpaired) electrons. The molecule has 0 aliphatic carbocycles. The monoisotopic (exact) mass is 512 g/mol. The van der Waals surface area contributed by atoms with Crippen molar-refractivity contribution < 1.29 is 9.59 Å². The van der Waals surface area contributed by atoms with Gasteiger partial charge in [0.15, 0.2) is 5.82 Å². The number of fused-ring (bicyclic) bond motifs is 2. The molecule has 3 aromatic carbocycles. The summed E-state index contributed by atoms with van der Waals surface area (Å²) in [6.07, 6.45) is 3.44.